The summed E-state index contributed by atoms with van der Waals surface area (Å²) in [5, 5.41) is 0. The van der Waals surface area contributed by atoms with Gasteiger partial charge in [-0.05, 0) is 30.5 Å². The highest BCUT2D eigenvalue weighted by Crippen LogP contribution is 2.32. The zero-order valence-corrected chi connectivity index (χ0v) is 15.7. The topological polar surface area (TPSA) is 71.4 Å². The highest BCUT2D eigenvalue weighted by Gasteiger charge is 2.12. The number of aromatic nitrogens is 2. The van der Waals surface area contributed by atoms with E-state index in [4.69, 9.17) is 15.2 Å². The molecular formula is C20H25N3O3. The molecule has 0 saturated carbocycles. The molecule has 1 aromatic heterocycles. The van der Waals surface area contributed by atoms with Crippen molar-refractivity contribution in [2.24, 2.45) is 20.0 Å². The summed E-state index contributed by atoms with van der Waals surface area (Å²) in [6.45, 7) is 5.00. The predicted molar refractivity (Wildman–Crippen MR) is 104 cm³/mol. The highest BCUT2D eigenvalue weighted by atomic mass is 16.5. The van der Waals surface area contributed by atoms with Crippen LogP contribution in [-0.4, -0.2) is 15.7 Å². The van der Waals surface area contributed by atoms with Crippen LogP contribution in [0, 0.1) is 5.92 Å². The first-order valence-corrected chi connectivity index (χ1v) is 8.72. The Morgan fingerprint density at radius 3 is 2.38 bits per heavy atom. The maximum Gasteiger partial charge on any atom is 0.328 e. The van der Waals surface area contributed by atoms with Crippen molar-refractivity contribution >= 4 is 16.7 Å². The van der Waals surface area contributed by atoms with E-state index in [1.54, 1.807) is 35.4 Å². The van der Waals surface area contributed by atoms with Crippen LogP contribution in [0.15, 0.2) is 41.2 Å². The number of rotatable bonds is 6. The standard InChI is InChI=1S/C20H25N3O3/c1-13(2)8-9-25-14-6-5-7-15(10-14)26-19-12-18-17(11-16(19)21)22(3)20(24)23(18)4/h5-7,10-13H,8-9,21H2,1-4H3. The molecule has 0 bridgehead atoms. The van der Waals surface area contributed by atoms with Crippen molar-refractivity contribution in [2.75, 3.05) is 12.3 Å². The number of imidazole rings is 1. The van der Waals surface area contributed by atoms with Crippen LogP contribution in [0.1, 0.15) is 20.3 Å². The molecule has 0 unspecified atom stereocenters. The van der Waals surface area contributed by atoms with Gasteiger partial charge in [0, 0.05) is 26.2 Å². The van der Waals surface area contributed by atoms with Crippen molar-refractivity contribution in [3.8, 4) is 17.2 Å². The zero-order chi connectivity index (χ0) is 18.8. The monoisotopic (exact) mass is 355 g/mol. The summed E-state index contributed by atoms with van der Waals surface area (Å²) >= 11 is 0. The fraction of sp³-hybridized carbons (Fsp3) is 0.350. The number of nitrogens with two attached hydrogens (primary N) is 1. The number of benzene rings is 2. The molecule has 2 aromatic carbocycles. The van der Waals surface area contributed by atoms with Crippen molar-refractivity contribution in [3.05, 3.63) is 46.9 Å². The Morgan fingerprint density at radius 2 is 1.69 bits per heavy atom. The smallest absolute Gasteiger partial charge is 0.328 e. The summed E-state index contributed by atoms with van der Waals surface area (Å²) in [6, 6.07) is 11.0. The molecular weight excluding hydrogens is 330 g/mol. The summed E-state index contributed by atoms with van der Waals surface area (Å²) in [6.07, 6.45) is 0.997. The van der Waals surface area contributed by atoms with Crippen LogP contribution in [0.5, 0.6) is 17.2 Å². The van der Waals surface area contributed by atoms with Crippen LogP contribution in [-0.2, 0) is 14.1 Å². The Labute approximate surface area is 152 Å². The van der Waals surface area contributed by atoms with Crippen LogP contribution in [0.4, 0.5) is 5.69 Å². The Kier molecular flexibility index (Phi) is 4.93. The average Bonchev–Trinajstić information content (AvgIpc) is 2.80. The lowest BCUT2D eigenvalue weighted by Crippen LogP contribution is -2.19. The van der Waals surface area contributed by atoms with Crippen LogP contribution in [0.2, 0.25) is 0 Å². The van der Waals surface area contributed by atoms with Gasteiger partial charge in [0.1, 0.15) is 11.5 Å². The van der Waals surface area contributed by atoms with Crippen LogP contribution >= 0.6 is 0 Å². The molecule has 26 heavy (non-hydrogen) atoms. The third-order valence-electron chi connectivity index (χ3n) is 4.40. The van der Waals surface area contributed by atoms with Gasteiger partial charge in [-0.15, -0.1) is 0 Å². The van der Waals surface area contributed by atoms with E-state index in [2.05, 4.69) is 13.8 Å². The molecule has 138 valence electrons. The van der Waals surface area contributed by atoms with Crippen LogP contribution in [0.25, 0.3) is 11.0 Å². The van der Waals surface area contributed by atoms with E-state index in [0.717, 1.165) is 23.2 Å². The zero-order valence-electron chi connectivity index (χ0n) is 15.7. The van der Waals surface area contributed by atoms with Gasteiger partial charge in [0.15, 0.2) is 5.75 Å². The molecule has 0 saturated heterocycles. The van der Waals surface area contributed by atoms with Gasteiger partial charge in [-0.2, -0.15) is 0 Å². The third kappa shape index (κ3) is 3.54. The number of hydrogen-bond acceptors (Lipinski definition) is 4. The van der Waals surface area contributed by atoms with Crippen LogP contribution < -0.4 is 20.9 Å². The van der Waals surface area contributed by atoms with E-state index in [9.17, 15) is 4.79 Å². The molecule has 6 heteroatoms. The van der Waals surface area contributed by atoms with Gasteiger partial charge in [-0.25, -0.2) is 4.79 Å². The molecule has 3 rings (SSSR count). The number of nitrogen functional groups attached to an aromatic ring is 1. The Hall–Kier alpha value is -2.89. The molecule has 0 fully saturated rings. The summed E-state index contributed by atoms with van der Waals surface area (Å²) in [7, 11) is 3.45. The van der Waals surface area contributed by atoms with Gasteiger partial charge in [0.05, 0.1) is 23.3 Å². The van der Waals surface area contributed by atoms with E-state index in [1.807, 2.05) is 24.3 Å². The maximum atomic E-state index is 12.1. The number of anilines is 1. The molecule has 6 nitrogen and oxygen atoms in total. The minimum absolute atomic E-state index is 0.0999. The summed E-state index contributed by atoms with van der Waals surface area (Å²) in [4.78, 5) is 12.1. The first-order chi connectivity index (χ1) is 12.4. The quantitative estimate of drug-likeness (QED) is 0.685. The number of ether oxygens (including phenoxy) is 2. The Morgan fingerprint density at radius 1 is 1.04 bits per heavy atom. The van der Waals surface area contributed by atoms with E-state index < -0.39 is 0 Å². The van der Waals surface area contributed by atoms with Crippen molar-refractivity contribution in [1.29, 1.82) is 0 Å². The lowest BCUT2D eigenvalue weighted by Gasteiger charge is -2.12. The van der Waals surface area contributed by atoms with Crippen molar-refractivity contribution in [1.82, 2.24) is 9.13 Å². The minimum atomic E-state index is -0.0999. The van der Waals surface area contributed by atoms with Gasteiger partial charge < -0.3 is 15.2 Å². The average molecular weight is 355 g/mol. The fourth-order valence-electron chi connectivity index (χ4n) is 2.80. The molecule has 0 atom stereocenters. The predicted octanol–water partition coefficient (Wildman–Crippen LogP) is 3.68. The Balaban J connectivity index is 1.86. The second-order valence-electron chi connectivity index (χ2n) is 6.89. The van der Waals surface area contributed by atoms with E-state index in [0.29, 0.717) is 29.7 Å². The molecule has 2 N–H and O–H groups in total. The van der Waals surface area contributed by atoms with Gasteiger partial charge in [0.2, 0.25) is 0 Å². The molecule has 3 aromatic rings. The highest BCUT2D eigenvalue weighted by molar-refractivity contribution is 5.83. The fourth-order valence-corrected chi connectivity index (χ4v) is 2.80. The van der Waals surface area contributed by atoms with E-state index >= 15 is 0 Å². The van der Waals surface area contributed by atoms with Gasteiger partial charge >= 0.3 is 5.69 Å². The lowest BCUT2D eigenvalue weighted by atomic mass is 10.1. The normalized spacial score (nSPS) is 11.3. The molecule has 0 aliphatic heterocycles. The summed E-state index contributed by atoms with van der Waals surface area (Å²) in [5.74, 6) is 2.51. The first-order valence-electron chi connectivity index (χ1n) is 8.72. The minimum Gasteiger partial charge on any atom is -0.493 e. The molecule has 0 aliphatic rings. The third-order valence-corrected chi connectivity index (χ3v) is 4.40. The van der Waals surface area contributed by atoms with Crippen molar-refractivity contribution in [3.63, 3.8) is 0 Å². The van der Waals surface area contributed by atoms with E-state index in [1.165, 1.54) is 0 Å². The molecule has 0 aliphatic carbocycles. The van der Waals surface area contributed by atoms with Gasteiger partial charge in [-0.3, -0.25) is 9.13 Å². The maximum absolute atomic E-state index is 12.1. The number of hydrogen-bond donors (Lipinski definition) is 1. The van der Waals surface area contributed by atoms with Crippen LogP contribution in [0.3, 0.4) is 0 Å². The Bertz CT molecular complexity index is 986. The van der Waals surface area contributed by atoms with Crippen molar-refractivity contribution in [2.45, 2.75) is 20.3 Å². The number of aryl methyl sites for hydroxylation is 2. The lowest BCUT2D eigenvalue weighted by molar-refractivity contribution is 0.288. The summed E-state index contributed by atoms with van der Waals surface area (Å²) < 4.78 is 14.9. The molecule has 0 spiro atoms. The van der Waals surface area contributed by atoms with Crippen molar-refractivity contribution < 1.29 is 9.47 Å². The number of fused-ring (bicyclic) bond motifs is 1. The van der Waals surface area contributed by atoms with Gasteiger partial charge in [-0.1, -0.05) is 19.9 Å². The van der Waals surface area contributed by atoms with E-state index in [-0.39, 0.29) is 5.69 Å². The largest absolute Gasteiger partial charge is 0.493 e. The molecule has 0 amide bonds. The summed E-state index contributed by atoms with van der Waals surface area (Å²) in [5.41, 5.74) is 8.05. The molecule has 0 radical (unpaired) electrons. The van der Waals surface area contributed by atoms with Gasteiger partial charge in [0.25, 0.3) is 0 Å². The second kappa shape index (κ2) is 7.15. The SMILES string of the molecule is CC(C)CCOc1cccc(Oc2cc3c(cc2N)n(C)c(=O)n3C)c1. The first kappa shape index (κ1) is 17.9. The number of nitrogens with zero attached hydrogens (tertiary/aromatic N) is 2. The molecule has 1 heterocycles. The second-order valence-corrected chi connectivity index (χ2v) is 6.89.